The Balaban J connectivity index is 1.35. The number of aromatic hydroxyl groups is 1. The Kier molecular flexibility index (Phi) is 11.6. The summed E-state index contributed by atoms with van der Waals surface area (Å²) in [5.41, 5.74) is 6.41. The maximum Gasteiger partial charge on any atom is 0.315 e. The molecule has 5 atom stereocenters. The standard InChI is InChI=1S/C38H45N3O6/c1-4-39-38(45)40-21-31-8-5-6-11-33(31)27-16-18-29(19-17-27)37-46-35(23-41(3)22-34(44)30-9-7-10-32(43)20-30)25(2)36(47-37)28-14-12-26(24-42)13-15-28/h5-20,25,34-37,42-44H,4,21-24H2,1-3H3,(H2,39,40,45)/t25-,34+,35+,36+,37+/m0/s1. The monoisotopic (exact) mass is 639 g/mol. The van der Waals surface area contributed by atoms with Gasteiger partial charge >= 0.3 is 6.03 Å². The number of phenols is 1. The fourth-order valence-corrected chi connectivity index (χ4v) is 6.02. The molecule has 0 spiro atoms. The zero-order valence-electron chi connectivity index (χ0n) is 27.2. The van der Waals surface area contributed by atoms with Crippen molar-refractivity contribution in [2.75, 3.05) is 26.7 Å². The maximum absolute atomic E-state index is 12.0. The second kappa shape index (κ2) is 16.0. The number of ether oxygens (including phenoxy) is 2. The molecule has 1 saturated heterocycles. The lowest BCUT2D eigenvalue weighted by Crippen LogP contribution is -2.44. The van der Waals surface area contributed by atoms with Gasteiger partial charge in [0, 0.05) is 37.7 Å². The van der Waals surface area contributed by atoms with Gasteiger partial charge in [0.15, 0.2) is 6.29 Å². The molecule has 9 nitrogen and oxygen atoms in total. The van der Waals surface area contributed by atoms with Gasteiger partial charge in [0.1, 0.15) is 5.75 Å². The molecule has 47 heavy (non-hydrogen) atoms. The first-order valence-electron chi connectivity index (χ1n) is 16.1. The van der Waals surface area contributed by atoms with E-state index in [4.69, 9.17) is 9.47 Å². The van der Waals surface area contributed by atoms with Crippen molar-refractivity contribution in [2.45, 2.75) is 51.6 Å². The number of amides is 2. The molecule has 5 rings (SSSR count). The molecule has 1 aliphatic rings. The molecule has 1 fully saturated rings. The maximum atomic E-state index is 12.0. The van der Waals surface area contributed by atoms with E-state index in [0.29, 0.717) is 31.7 Å². The van der Waals surface area contributed by atoms with E-state index in [1.54, 1.807) is 24.3 Å². The van der Waals surface area contributed by atoms with Crippen molar-refractivity contribution in [3.8, 4) is 16.9 Å². The highest BCUT2D eigenvalue weighted by molar-refractivity contribution is 5.74. The molecule has 5 N–H and O–H groups in total. The van der Waals surface area contributed by atoms with Gasteiger partial charge in [-0.1, -0.05) is 91.9 Å². The molecule has 9 heteroatoms. The van der Waals surface area contributed by atoms with Crippen LogP contribution in [0.5, 0.6) is 5.75 Å². The van der Waals surface area contributed by atoms with E-state index in [2.05, 4.69) is 17.6 Å². The minimum Gasteiger partial charge on any atom is -0.508 e. The number of benzene rings is 4. The van der Waals surface area contributed by atoms with Gasteiger partial charge in [-0.2, -0.15) is 0 Å². The van der Waals surface area contributed by atoms with Crippen LogP contribution < -0.4 is 10.6 Å². The Labute approximate surface area is 276 Å². The molecule has 1 aliphatic heterocycles. The Hall–Kier alpha value is -4.25. The molecule has 4 aromatic carbocycles. The van der Waals surface area contributed by atoms with E-state index in [-0.39, 0.29) is 36.5 Å². The van der Waals surface area contributed by atoms with Crippen molar-refractivity contribution in [1.29, 1.82) is 0 Å². The van der Waals surface area contributed by atoms with Crippen LogP contribution in [0.4, 0.5) is 4.79 Å². The van der Waals surface area contributed by atoms with Gasteiger partial charge in [0.25, 0.3) is 0 Å². The number of aliphatic hydroxyl groups is 2. The number of rotatable bonds is 12. The summed E-state index contributed by atoms with van der Waals surface area (Å²) in [4.78, 5) is 14.0. The van der Waals surface area contributed by atoms with Crippen molar-refractivity contribution < 1.29 is 29.6 Å². The zero-order valence-corrected chi connectivity index (χ0v) is 27.2. The first-order chi connectivity index (χ1) is 22.7. The molecule has 2 amide bonds. The van der Waals surface area contributed by atoms with Gasteiger partial charge in [-0.25, -0.2) is 4.79 Å². The Morgan fingerprint density at radius 2 is 1.64 bits per heavy atom. The van der Waals surface area contributed by atoms with Crippen LogP contribution in [0.15, 0.2) is 97.1 Å². The number of nitrogens with zero attached hydrogens (tertiary/aromatic N) is 1. The first kappa shape index (κ1) is 34.1. The molecule has 1 heterocycles. The van der Waals surface area contributed by atoms with Crippen molar-refractivity contribution in [1.82, 2.24) is 15.5 Å². The Morgan fingerprint density at radius 1 is 0.915 bits per heavy atom. The lowest BCUT2D eigenvalue weighted by atomic mass is 9.90. The lowest BCUT2D eigenvalue weighted by molar-refractivity contribution is -0.276. The molecule has 0 aromatic heterocycles. The smallest absolute Gasteiger partial charge is 0.315 e. The van der Waals surface area contributed by atoms with Gasteiger partial charge in [-0.3, -0.25) is 0 Å². The summed E-state index contributed by atoms with van der Waals surface area (Å²) in [6.45, 7) is 5.84. The predicted molar refractivity (Wildman–Crippen MR) is 181 cm³/mol. The van der Waals surface area contributed by atoms with Crippen molar-refractivity contribution in [3.63, 3.8) is 0 Å². The van der Waals surface area contributed by atoms with Gasteiger partial charge in [-0.15, -0.1) is 0 Å². The van der Waals surface area contributed by atoms with Gasteiger partial charge in [0.2, 0.25) is 0 Å². The highest BCUT2D eigenvalue weighted by Gasteiger charge is 2.39. The highest BCUT2D eigenvalue weighted by atomic mass is 16.7. The SMILES string of the molecule is CCNC(=O)NCc1ccccc1-c1ccc([C@@H]2O[C@H](CN(C)C[C@@H](O)c3cccc(O)c3)[C@H](C)[C@H](c3ccc(CO)cc3)O2)cc1. The molecule has 0 bridgehead atoms. The van der Waals surface area contributed by atoms with Crippen LogP contribution in [0, 0.1) is 5.92 Å². The van der Waals surface area contributed by atoms with Crippen LogP contribution in [0.3, 0.4) is 0 Å². The Morgan fingerprint density at radius 3 is 2.34 bits per heavy atom. The summed E-state index contributed by atoms with van der Waals surface area (Å²) < 4.78 is 13.3. The van der Waals surface area contributed by atoms with E-state index in [0.717, 1.165) is 33.4 Å². The summed E-state index contributed by atoms with van der Waals surface area (Å²) >= 11 is 0. The average molecular weight is 640 g/mol. The number of hydrogen-bond donors (Lipinski definition) is 5. The molecular weight excluding hydrogens is 594 g/mol. The van der Waals surface area contributed by atoms with Crippen molar-refractivity contribution >= 4 is 6.03 Å². The second-order valence-corrected chi connectivity index (χ2v) is 12.1. The van der Waals surface area contributed by atoms with E-state index in [1.807, 2.05) is 91.7 Å². The third-order valence-electron chi connectivity index (χ3n) is 8.64. The number of hydrogen-bond acceptors (Lipinski definition) is 7. The molecular formula is C38H45N3O6. The summed E-state index contributed by atoms with van der Waals surface area (Å²) in [7, 11) is 1.95. The van der Waals surface area contributed by atoms with E-state index < -0.39 is 12.4 Å². The first-order valence-corrected chi connectivity index (χ1v) is 16.1. The topological polar surface area (TPSA) is 124 Å². The van der Waals surface area contributed by atoms with Crippen molar-refractivity contribution in [2.24, 2.45) is 5.92 Å². The van der Waals surface area contributed by atoms with Crippen LogP contribution in [-0.2, 0) is 22.6 Å². The van der Waals surface area contributed by atoms with Crippen LogP contribution in [0.1, 0.15) is 60.2 Å². The molecule has 248 valence electrons. The molecule has 0 unspecified atom stereocenters. The zero-order chi connectivity index (χ0) is 33.3. The molecule has 0 radical (unpaired) electrons. The average Bonchev–Trinajstić information content (AvgIpc) is 3.08. The summed E-state index contributed by atoms with van der Waals surface area (Å²) in [6.07, 6.45) is -1.90. The third-order valence-corrected chi connectivity index (χ3v) is 8.64. The molecule has 0 saturated carbocycles. The predicted octanol–water partition coefficient (Wildman–Crippen LogP) is 5.83. The van der Waals surface area contributed by atoms with E-state index in [9.17, 15) is 20.1 Å². The number of carbonyl (C=O) groups is 1. The largest absolute Gasteiger partial charge is 0.508 e. The summed E-state index contributed by atoms with van der Waals surface area (Å²) in [6, 6.07) is 30.4. The Bertz CT molecular complexity index is 1600. The summed E-state index contributed by atoms with van der Waals surface area (Å²) in [5, 5.41) is 36.0. The number of nitrogens with one attached hydrogen (secondary N) is 2. The van der Waals surface area contributed by atoms with Crippen LogP contribution in [0.25, 0.3) is 11.1 Å². The highest BCUT2D eigenvalue weighted by Crippen LogP contribution is 2.42. The van der Waals surface area contributed by atoms with Gasteiger partial charge < -0.3 is 40.3 Å². The van der Waals surface area contributed by atoms with E-state index in [1.165, 1.54) is 0 Å². The number of urea groups is 1. The second-order valence-electron chi connectivity index (χ2n) is 12.1. The van der Waals surface area contributed by atoms with Gasteiger partial charge in [-0.05, 0) is 59.5 Å². The van der Waals surface area contributed by atoms with Crippen LogP contribution in [0.2, 0.25) is 0 Å². The summed E-state index contributed by atoms with van der Waals surface area (Å²) in [5.74, 6) is 0.101. The molecule has 0 aliphatic carbocycles. The minimum atomic E-state index is -0.772. The number of carbonyl (C=O) groups excluding carboxylic acids is 1. The normalized spacial score (nSPS) is 20.1. The number of likely N-dealkylation sites (N-methyl/N-ethyl adjacent to an activating group) is 1. The van der Waals surface area contributed by atoms with Crippen LogP contribution in [-0.4, -0.2) is 59.0 Å². The number of phenolic OH excluding ortho intramolecular Hbond substituents is 1. The van der Waals surface area contributed by atoms with Crippen molar-refractivity contribution in [3.05, 3.63) is 125 Å². The van der Waals surface area contributed by atoms with E-state index >= 15 is 0 Å². The lowest BCUT2D eigenvalue weighted by Gasteiger charge is -2.42. The van der Waals surface area contributed by atoms with Gasteiger partial charge in [0.05, 0.1) is 24.9 Å². The fraction of sp³-hybridized carbons (Fsp3) is 0.342. The quantitative estimate of drug-likeness (QED) is 0.132. The minimum absolute atomic E-state index is 0.0184. The molecule has 4 aromatic rings. The fourth-order valence-electron chi connectivity index (χ4n) is 6.02. The third kappa shape index (κ3) is 8.77. The van der Waals surface area contributed by atoms with Crippen LogP contribution >= 0.6 is 0 Å². The number of aliphatic hydroxyl groups excluding tert-OH is 2.